The minimum atomic E-state index is -4.10. The minimum absolute atomic E-state index is 0.193. The molecule has 0 aliphatic carbocycles. The highest BCUT2D eigenvalue weighted by Gasteiger charge is 2.14. The highest BCUT2D eigenvalue weighted by atomic mass is 32.2. The number of aliphatic hydroxyl groups is 1. The van der Waals surface area contributed by atoms with Crippen LogP contribution in [0.4, 0.5) is 0 Å². The van der Waals surface area contributed by atoms with E-state index in [0.717, 1.165) is 12.8 Å². The zero-order valence-electron chi connectivity index (χ0n) is 15.7. The van der Waals surface area contributed by atoms with Crippen LogP contribution in [0.2, 0.25) is 0 Å². The molecule has 0 bridgehead atoms. The van der Waals surface area contributed by atoms with Gasteiger partial charge in [0.25, 0.3) is 10.1 Å². The van der Waals surface area contributed by atoms with E-state index >= 15 is 0 Å². The Balaban J connectivity index is 3.36. The second kappa shape index (κ2) is 15.1. The van der Waals surface area contributed by atoms with Gasteiger partial charge in [0.15, 0.2) is 0 Å². The molecule has 5 nitrogen and oxygen atoms in total. The molecule has 0 aromatic rings. The lowest BCUT2D eigenvalue weighted by Gasteiger charge is -2.16. The molecule has 146 valence electrons. The van der Waals surface area contributed by atoms with Crippen LogP contribution in [0.5, 0.6) is 0 Å². The molecule has 0 aromatic carbocycles. The number of nitrogens with one attached hydrogen (secondary N) is 1. The third-order valence-electron chi connectivity index (χ3n) is 4.35. The Labute approximate surface area is 149 Å². The number of hydrogen-bond acceptors (Lipinski definition) is 4. The molecule has 0 aliphatic heterocycles. The first-order chi connectivity index (χ1) is 11.3. The molecule has 0 saturated heterocycles. The molecule has 0 amide bonds. The summed E-state index contributed by atoms with van der Waals surface area (Å²) in [5, 5.41) is 12.6. The van der Waals surface area contributed by atoms with Crippen molar-refractivity contribution in [2.45, 2.75) is 103 Å². The molecular weight excluding hydrogens is 326 g/mol. The summed E-state index contributed by atoms with van der Waals surface area (Å²) in [6, 6.07) is 0.250. The molecule has 0 rings (SSSR count). The van der Waals surface area contributed by atoms with E-state index in [0.29, 0.717) is 0 Å². The lowest BCUT2D eigenvalue weighted by atomic mass is 10.0. The van der Waals surface area contributed by atoms with Crippen molar-refractivity contribution in [1.29, 1.82) is 0 Å². The first-order valence-corrected chi connectivity index (χ1v) is 11.3. The van der Waals surface area contributed by atoms with E-state index in [1.807, 2.05) is 6.92 Å². The van der Waals surface area contributed by atoms with Crippen LogP contribution in [0.25, 0.3) is 0 Å². The Hall–Kier alpha value is -0.170. The molecule has 0 aromatic heterocycles. The third-order valence-corrected chi connectivity index (χ3v) is 5.15. The number of hydrogen-bond donors (Lipinski definition) is 3. The number of unbranched alkanes of at least 4 members (excludes halogenated alkanes) is 10. The van der Waals surface area contributed by atoms with Crippen molar-refractivity contribution in [3.05, 3.63) is 0 Å². The summed E-state index contributed by atoms with van der Waals surface area (Å²) in [6.07, 6.45) is 14.5. The van der Waals surface area contributed by atoms with Gasteiger partial charge in [-0.25, -0.2) is 0 Å². The maximum Gasteiger partial charge on any atom is 0.267 e. The van der Waals surface area contributed by atoms with Crippen LogP contribution >= 0.6 is 0 Å². The Morgan fingerprint density at radius 3 is 1.79 bits per heavy atom. The van der Waals surface area contributed by atoms with Crippen molar-refractivity contribution in [2.75, 3.05) is 12.3 Å². The van der Waals surface area contributed by atoms with Crippen LogP contribution in [0.15, 0.2) is 0 Å². The number of rotatable bonds is 17. The maximum absolute atomic E-state index is 10.6. The fourth-order valence-corrected chi connectivity index (χ4v) is 3.46. The smallest absolute Gasteiger partial charge is 0.267 e. The zero-order valence-corrected chi connectivity index (χ0v) is 16.5. The first kappa shape index (κ1) is 23.8. The van der Waals surface area contributed by atoms with Gasteiger partial charge < -0.3 is 10.4 Å². The van der Waals surface area contributed by atoms with Crippen molar-refractivity contribution < 1.29 is 18.1 Å². The Bertz CT molecular complexity index is 373. The van der Waals surface area contributed by atoms with E-state index in [2.05, 4.69) is 12.2 Å². The molecule has 3 N–H and O–H groups in total. The predicted octanol–water partition coefficient (Wildman–Crippen LogP) is 3.91. The van der Waals surface area contributed by atoms with Crippen LogP contribution < -0.4 is 5.32 Å². The van der Waals surface area contributed by atoms with Crippen LogP contribution in [0.3, 0.4) is 0 Å². The molecular formula is C18H39NO4S. The van der Waals surface area contributed by atoms with Crippen molar-refractivity contribution >= 4 is 10.1 Å². The molecule has 0 spiro atoms. The predicted molar refractivity (Wildman–Crippen MR) is 101 cm³/mol. The summed E-state index contributed by atoms with van der Waals surface area (Å²) in [6.45, 7) is 4.48. The van der Waals surface area contributed by atoms with Crippen molar-refractivity contribution in [2.24, 2.45) is 0 Å². The minimum Gasteiger partial charge on any atom is -0.391 e. The summed E-state index contributed by atoms with van der Waals surface area (Å²) in [7, 11) is -4.10. The van der Waals surface area contributed by atoms with Gasteiger partial charge >= 0.3 is 0 Å². The molecule has 0 radical (unpaired) electrons. The van der Waals surface area contributed by atoms with Crippen molar-refractivity contribution in [3.8, 4) is 0 Å². The van der Waals surface area contributed by atoms with E-state index in [4.69, 9.17) is 4.55 Å². The van der Waals surface area contributed by atoms with E-state index in [9.17, 15) is 13.5 Å². The summed E-state index contributed by atoms with van der Waals surface area (Å²) < 4.78 is 29.9. The van der Waals surface area contributed by atoms with Crippen LogP contribution in [0.1, 0.15) is 90.9 Å². The Morgan fingerprint density at radius 1 is 0.875 bits per heavy atom. The molecule has 6 heteroatoms. The van der Waals surface area contributed by atoms with Gasteiger partial charge in [-0.1, -0.05) is 77.6 Å². The SMILES string of the molecule is CCCCCCCCCCCCCC(C)NCC(O)CS(=O)(=O)O. The largest absolute Gasteiger partial charge is 0.391 e. The van der Waals surface area contributed by atoms with Gasteiger partial charge in [0.2, 0.25) is 0 Å². The standard InChI is InChI=1S/C18H39NO4S/c1-3-4-5-6-7-8-9-10-11-12-13-14-17(2)19-15-18(20)16-24(21,22)23/h17-20H,3-16H2,1-2H3,(H,21,22,23). The van der Waals surface area contributed by atoms with Crippen LogP contribution in [-0.2, 0) is 10.1 Å². The molecule has 0 aliphatic rings. The van der Waals surface area contributed by atoms with E-state index in [1.54, 1.807) is 0 Å². The lowest BCUT2D eigenvalue weighted by Crippen LogP contribution is -2.37. The van der Waals surface area contributed by atoms with Gasteiger partial charge in [0, 0.05) is 12.6 Å². The van der Waals surface area contributed by atoms with Crippen molar-refractivity contribution in [3.63, 3.8) is 0 Å². The van der Waals surface area contributed by atoms with E-state index in [1.165, 1.54) is 64.2 Å². The highest BCUT2D eigenvalue weighted by molar-refractivity contribution is 7.85. The normalized spacial score (nSPS) is 14.7. The Morgan fingerprint density at radius 2 is 1.33 bits per heavy atom. The fourth-order valence-electron chi connectivity index (χ4n) is 2.86. The van der Waals surface area contributed by atoms with Gasteiger partial charge in [0.1, 0.15) is 5.75 Å². The van der Waals surface area contributed by atoms with E-state index in [-0.39, 0.29) is 12.6 Å². The molecule has 24 heavy (non-hydrogen) atoms. The number of aliphatic hydroxyl groups excluding tert-OH is 1. The molecule has 0 saturated carbocycles. The second-order valence-electron chi connectivity index (χ2n) is 7.04. The van der Waals surface area contributed by atoms with Gasteiger partial charge in [-0.2, -0.15) is 8.42 Å². The fraction of sp³-hybridized carbons (Fsp3) is 1.00. The summed E-state index contributed by atoms with van der Waals surface area (Å²) in [5.41, 5.74) is 0. The quantitative estimate of drug-likeness (QED) is 0.269. The summed E-state index contributed by atoms with van der Waals surface area (Å²) in [4.78, 5) is 0. The Kier molecular flexibility index (Phi) is 15.0. The zero-order chi connectivity index (χ0) is 18.3. The van der Waals surface area contributed by atoms with E-state index < -0.39 is 22.0 Å². The second-order valence-corrected chi connectivity index (χ2v) is 8.53. The summed E-state index contributed by atoms with van der Waals surface area (Å²) >= 11 is 0. The molecule has 2 unspecified atom stereocenters. The first-order valence-electron chi connectivity index (χ1n) is 9.71. The molecule has 2 atom stereocenters. The van der Waals surface area contributed by atoms with Gasteiger partial charge in [0.05, 0.1) is 6.10 Å². The van der Waals surface area contributed by atoms with Gasteiger partial charge in [-0.05, 0) is 13.3 Å². The summed E-state index contributed by atoms with van der Waals surface area (Å²) in [5.74, 6) is -0.606. The molecule has 0 fully saturated rings. The average molecular weight is 366 g/mol. The topological polar surface area (TPSA) is 86.6 Å². The van der Waals surface area contributed by atoms with Gasteiger partial charge in [-0.3, -0.25) is 4.55 Å². The highest BCUT2D eigenvalue weighted by Crippen LogP contribution is 2.12. The molecule has 0 heterocycles. The monoisotopic (exact) mass is 365 g/mol. The van der Waals surface area contributed by atoms with Gasteiger partial charge in [-0.15, -0.1) is 0 Å². The van der Waals surface area contributed by atoms with Crippen LogP contribution in [0, 0.1) is 0 Å². The van der Waals surface area contributed by atoms with Crippen LogP contribution in [-0.4, -0.2) is 42.5 Å². The van der Waals surface area contributed by atoms with Crippen molar-refractivity contribution in [1.82, 2.24) is 5.32 Å². The third kappa shape index (κ3) is 18.2. The lowest BCUT2D eigenvalue weighted by molar-refractivity contribution is 0.186. The average Bonchev–Trinajstić information content (AvgIpc) is 2.49. The maximum atomic E-state index is 10.6.